The number of amides is 2. The van der Waals surface area contributed by atoms with Crippen LogP contribution in [0.3, 0.4) is 0 Å². The van der Waals surface area contributed by atoms with Crippen LogP contribution in [0.15, 0.2) is 18.2 Å². The number of nitro groups is 1. The Balaban J connectivity index is 2.09. The predicted octanol–water partition coefficient (Wildman–Crippen LogP) is 1.64. The van der Waals surface area contributed by atoms with E-state index in [0.29, 0.717) is 19.6 Å². The van der Waals surface area contributed by atoms with E-state index in [1.54, 1.807) is 0 Å². The second kappa shape index (κ2) is 5.61. The van der Waals surface area contributed by atoms with Crippen LogP contribution in [-0.2, 0) is 4.74 Å². The molecule has 1 fully saturated rings. The van der Waals surface area contributed by atoms with E-state index < -0.39 is 28.1 Å². The molecule has 2 amide bonds. The Morgan fingerprint density at radius 2 is 2.32 bits per heavy atom. The SMILES string of the molecule is O=C(Nc1c(F)cccc1[N+](=O)[O-])NC1CCOC1. The first-order valence-corrected chi connectivity index (χ1v) is 5.66. The van der Waals surface area contributed by atoms with Crippen molar-refractivity contribution in [2.45, 2.75) is 12.5 Å². The van der Waals surface area contributed by atoms with Gasteiger partial charge < -0.3 is 10.1 Å². The molecule has 2 rings (SSSR count). The van der Waals surface area contributed by atoms with Gasteiger partial charge in [0.15, 0.2) is 11.5 Å². The van der Waals surface area contributed by atoms with Crippen LogP contribution in [0.1, 0.15) is 6.42 Å². The van der Waals surface area contributed by atoms with Gasteiger partial charge in [-0.1, -0.05) is 6.07 Å². The second-order valence-corrected chi connectivity index (χ2v) is 4.05. The molecular weight excluding hydrogens is 257 g/mol. The van der Waals surface area contributed by atoms with Crippen molar-refractivity contribution < 1.29 is 18.8 Å². The molecule has 1 aliphatic rings. The zero-order valence-corrected chi connectivity index (χ0v) is 9.89. The molecule has 7 nitrogen and oxygen atoms in total. The van der Waals surface area contributed by atoms with Crippen LogP contribution in [-0.4, -0.2) is 30.2 Å². The lowest BCUT2D eigenvalue weighted by Crippen LogP contribution is -2.38. The molecule has 0 aliphatic carbocycles. The largest absolute Gasteiger partial charge is 0.379 e. The number of hydrogen-bond donors (Lipinski definition) is 2. The van der Waals surface area contributed by atoms with Crippen molar-refractivity contribution in [1.82, 2.24) is 5.32 Å². The highest BCUT2D eigenvalue weighted by Crippen LogP contribution is 2.26. The normalized spacial score (nSPS) is 18.1. The second-order valence-electron chi connectivity index (χ2n) is 4.05. The fourth-order valence-electron chi connectivity index (χ4n) is 1.77. The van der Waals surface area contributed by atoms with Crippen LogP contribution in [0.5, 0.6) is 0 Å². The highest BCUT2D eigenvalue weighted by atomic mass is 19.1. The predicted molar refractivity (Wildman–Crippen MR) is 64.4 cm³/mol. The summed E-state index contributed by atoms with van der Waals surface area (Å²) in [6.45, 7) is 0.928. The minimum atomic E-state index is -0.855. The molecule has 1 aromatic carbocycles. The average molecular weight is 269 g/mol. The van der Waals surface area contributed by atoms with Gasteiger partial charge in [-0.2, -0.15) is 0 Å². The van der Waals surface area contributed by atoms with Gasteiger partial charge in [-0.15, -0.1) is 0 Å². The van der Waals surface area contributed by atoms with E-state index in [1.807, 2.05) is 0 Å². The number of para-hydroxylation sites is 1. The zero-order valence-electron chi connectivity index (χ0n) is 9.89. The molecule has 1 aliphatic heterocycles. The van der Waals surface area contributed by atoms with Crippen LogP contribution in [0.4, 0.5) is 20.6 Å². The molecule has 1 heterocycles. The third-order valence-corrected chi connectivity index (χ3v) is 2.69. The summed E-state index contributed by atoms with van der Waals surface area (Å²) in [4.78, 5) is 21.6. The summed E-state index contributed by atoms with van der Waals surface area (Å²) in [6, 6.07) is 2.52. The quantitative estimate of drug-likeness (QED) is 0.644. The molecule has 0 bridgehead atoms. The van der Waals surface area contributed by atoms with Crippen molar-refractivity contribution in [3.63, 3.8) is 0 Å². The van der Waals surface area contributed by atoms with Crippen molar-refractivity contribution in [2.75, 3.05) is 18.5 Å². The van der Waals surface area contributed by atoms with Crippen LogP contribution in [0.2, 0.25) is 0 Å². The van der Waals surface area contributed by atoms with Crippen LogP contribution in [0, 0.1) is 15.9 Å². The molecule has 1 unspecified atom stereocenters. The topological polar surface area (TPSA) is 93.5 Å². The first-order valence-electron chi connectivity index (χ1n) is 5.66. The van der Waals surface area contributed by atoms with Gasteiger partial charge in [-0.25, -0.2) is 9.18 Å². The molecule has 1 saturated heterocycles. The Kier molecular flexibility index (Phi) is 3.91. The number of carbonyl (C=O) groups excluding carboxylic acids is 1. The number of ether oxygens (including phenoxy) is 1. The van der Waals surface area contributed by atoms with Gasteiger partial charge in [-0.3, -0.25) is 15.4 Å². The van der Waals surface area contributed by atoms with E-state index in [1.165, 1.54) is 6.07 Å². The number of carbonyl (C=O) groups is 1. The number of benzene rings is 1. The summed E-state index contributed by atoms with van der Waals surface area (Å²) in [6.07, 6.45) is 0.660. The number of anilines is 1. The summed E-state index contributed by atoms with van der Waals surface area (Å²) >= 11 is 0. The average Bonchev–Trinajstić information content (AvgIpc) is 2.84. The number of rotatable bonds is 3. The van der Waals surface area contributed by atoms with E-state index in [-0.39, 0.29) is 6.04 Å². The van der Waals surface area contributed by atoms with Crippen molar-refractivity contribution in [3.05, 3.63) is 34.1 Å². The number of nitrogens with zero attached hydrogens (tertiary/aromatic N) is 1. The van der Waals surface area contributed by atoms with Crippen LogP contribution in [0.25, 0.3) is 0 Å². The molecule has 1 atom stereocenters. The maximum absolute atomic E-state index is 13.5. The van der Waals surface area contributed by atoms with E-state index in [0.717, 1.165) is 12.1 Å². The standard InChI is InChI=1S/C11H12FN3O4/c12-8-2-1-3-9(15(17)18)10(8)14-11(16)13-7-4-5-19-6-7/h1-3,7H,4-6H2,(H2,13,14,16). The number of nitro benzene ring substituents is 1. The van der Waals surface area contributed by atoms with Gasteiger partial charge in [0.25, 0.3) is 5.69 Å². The molecule has 0 spiro atoms. The fourth-order valence-corrected chi connectivity index (χ4v) is 1.77. The van der Waals surface area contributed by atoms with E-state index >= 15 is 0 Å². The van der Waals surface area contributed by atoms with E-state index in [2.05, 4.69) is 10.6 Å². The fraction of sp³-hybridized carbons (Fsp3) is 0.364. The first-order chi connectivity index (χ1) is 9.08. The summed E-state index contributed by atoms with van der Waals surface area (Å²) in [5.74, 6) is -0.855. The Bertz CT molecular complexity index is 503. The van der Waals surface area contributed by atoms with Gasteiger partial charge in [-0.05, 0) is 12.5 Å². The first kappa shape index (κ1) is 13.2. The van der Waals surface area contributed by atoms with Gasteiger partial charge in [0.1, 0.15) is 0 Å². The number of urea groups is 1. The third kappa shape index (κ3) is 3.16. The maximum Gasteiger partial charge on any atom is 0.319 e. The Labute approximate surface area is 107 Å². The Morgan fingerprint density at radius 1 is 1.53 bits per heavy atom. The lowest BCUT2D eigenvalue weighted by Gasteiger charge is -2.12. The van der Waals surface area contributed by atoms with Gasteiger partial charge >= 0.3 is 6.03 Å². The number of nitrogens with one attached hydrogen (secondary N) is 2. The highest BCUT2D eigenvalue weighted by Gasteiger charge is 2.22. The molecule has 102 valence electrons. The summed E-state index contributed by atoms with van der Waals surface area (Å²) in [7, 11) is 0. The summed E-state index contributed by atoms with van der Waals surface area (Å²) < 4.78 is 18.6. The molecule has 0 radical (unpaired) electrons. The number of hydrogen-bond acceptors (Lipinski definition) is 4. The third-order valence-electron chi connectivity index (χ3n) is 2.69. The van der Waals surface area contributed by atoms with Gasteiger partial charge in [0.2, 0.25) is 0 Å². The van der Waals surface area contributed by atoms with Gasteiger partial charge in [0.05, 0.1) is 17.6 Å². The molecule has 0 aromatic heterocycles. The molecule has 1 aromatic rings. The Morgan fingerprint density at radius 3 is 2.95 bits per heavy atom. The smallest absolute Gasteiger partial charge is 0.319 e. The van der Waals surface area contributed by atoms with Crippen LogP contribution < -0.4 is 10.6 Å². The Hall–Kier alpha value is -2.22. The molecular formula is C11H12FN3O4. The minimum absolute atomic E-state index is 0.161. The van der Waals surface area contributed by atoms with E-state index in [4.69, 9.17) is 4.74 Å². The highest BCUT2D eigenvalue weighted by molar-refractivity contribution is 5.92. The molecule has 0 saturated carbocycles. The lowest BCUT2D eigenvalue weighted by atomic mass is 10.2. The van der Waals surface area contributed by atoms with Crippen molar-refractivity contribution in [1.29, 1.82) is 0 Å². The van der Waals surface area contributed by atoms with Crippen molar-refractivity contribution in [2.24, 2.45) is 0 Å². The minimum Gasteiger partial charge on any atom is -0.379 e. The van der Waals surface area contributed by atoms with Crippen molar-refractivity contribution >= 4 is 17.4 Å². The van der Waals surface area contributed by atoms with E-state index in [9.17, 15) is 19.3 Å². The summed E-state index contributed by atoms with van der Waals surface area (Å²) in [5, 5.41) is 15.5. The summed E-state index contributed by atoms with van der Waals surface area (Å²) in [5.41, 5.74) is -0.929. The molecule has 8 heteroatoms. The molecule has 19 heavy (non-hydrogen) atoms. The monoisotopic (exact) mass is 269 g/mol. The lowest BCUT2D eigenvalue weighted by molar-refractivity contribution is -0.384. The molecule has 2 N–H and O–H groups in total. The van der Waals surface area contributed by atoms with Gasteiger partial charge in [0, 0.05) is 12.7 Å². The van der Waals surface area contributed by atoms with Crippen molar-refractivity contribution in [3.8, 4) is 0 Å². The zero-order chi connectivity index (χ0) is 13.8. The maximum atomic E-state index is 13.5. The van der Waals surface area contributed by atoms with Crippen LogP contribution >= 0.6 is 0 Å². The number of halogens is 1.